The van der Waals surface area contributed by atoms with Crippen LogP contribution in [-0.2, 0) is 0 Å². The predicted molar refractivity (Wildman–Crippen MR) is 37.9 cm³/mol. The summed E-state index contributed by atoms with van der Waals surface area (Å²) >= 11 is 0. The van der Waals surface area contributed by atoms with Crippen molar-refractivity contribution in [2.45, 2.75) is 12.5 Å². The molecule has 3 N–H and O–H groups in total. The van der Waals surface area contributed by atoms with Gasteiger partial charge in [-0.05, 0) is 6.07 Å². The van der Waals surface area contributed by atoms with Gasteiger partial charge in [-0.25, -0.2) is 0 Å². The number of hydrogen-bond acceptors (Lipinski definition) is 2. The zero-order chi connectivity index (χ0) is 8.27. The summed E-state index contributed by atoms with van der Waals surface area (Å²) in [5.74, 6) is -0.451. The summed E-state index contributed by atoms with van der Waals surface area (Å²) in [4.78, 5) is 2.35. The van der Waals surface area contributed by atoms with E-state index in [2.05, 4.69) is 4.98 Å². The first-order valence-corrected chi connectivity index (χ1v) is 3.21. The lowest BCUT2D eigenvalue weighted by Crippen LogP contribution is -2.09. The number of hydrogen-bond donors (Lipinski definition) is 2. The molecule has 0 radical (unpaired) electrons. The lowest BCUT2D eigenvalue weighted by atomic mass is 10.1. The first-order chi connectivity index (χ1) is 5.25. The Balaban J connectivity index is 2.77. The molecule has 0 unspecified atom stereocenters. The number of aromatic nitrogens is 1. The van der Waals surface area contributed by atoms with Gasteiger partial charge < -0.3 is 10.7 Å². The Morgan fingerprint density at radius 2 is 2.55 bits per heavy atom. The van der Waals surface area contributed by atoms with Gasteiger partial charge in [0.15, 0.2) is 5.95 Å². The molecule has 0 aliphatic carbocycles. The Bertz CT molecular complexity index is 273. The minimum Gasteiger partial charge on any atom is -0.338 e. The smallest absolute Gasteiger partial charge is 0.195 e. The van der Waals surface area contributed by atoms with Crippen molar-refractivity contribution in [2.24, 2.45) is 5.73 Å². The second kappa shape index (κ2) is 3.17. The quantitative estimate of drug-likeness (QED) is 0.667. The van der Waals surface area contributed by atoms with Crippen LogP contribution in [0.25, 0.3) is 0 Å². The molecule has 4 heteroatoms. The van der Waals surface area contributed by atoms with Gasteiger partial charge in [0.05, 0.1) is 12.5 Å². The summed E-state index contributed by atoms with van der Waals surface area (Å²) in [6.45, 7) is 0. The highest BCUT2D eigenvalue weighted by atomic mass is 19.1. The van der Waals surface area contributed by atoms with Gasteiger partial charge in [-0.15, -0.1) is 0 Å². The third-order valence-electron chi connectivity index (χ3n) is 1.44. The van der Waals surface area contributed by atoms with Crippen molar-refractivity contribution in [3.05, 3.63) is 23.8 Å². The first kappa shape index (κ1) is 7.76. The fourth-order valence-electron chi connectivity index (χ4n) is 0.856. The number of halogens is 1. The molecule has 1 atom stereocenters. The number of aromatic amines is 1. The summed E-state index contributed by atoms with van der Waals surface area (Å²) in [6.07, 6.45) is 1.59. The summed E-state index contributed by atoms with van der Waals surface area (Å²) < 4.78 is 12.7. The van der Waals surface area contributed by atoms with Crippen molar-refractivity contribution in [3.63, 3.8) is 0 Å². The van der Waals surface area contributed by atoms with Gasteiger partial charge in [0.1, 0.15) is 0 Å². The van der Waals surface area contributed by atoms with E-state index in [4.69, 9.17) is 11.0 Å². The van der Waals surface area contributed by atoms with E-state index in [-0.39, 0.29) is 6.42 Å². The maximum absolute atomic E-state index is 12.7. The molecule has 1 aromatic rings. The summed E-state index contributed by atoms with van der Waals surface area (Å²) in [7, 11) is 0. The zero-order valence-electron chi connectivity index (χ0n) is 5.84. The second-order valence-corrected chi connectivity index (χ2v) is 2.22. The third-order valence-corrected chi connectivity index (χ3v) is 1.44. The van der Waals surface area contributed by atoms with Crippen molar-refractivity contribution in [3.8, 4) is 6.07 Å². The molecule has 0 aliphatic heterocycles. The van der Waals surface area contributed by atoms with Gasteiger partial charge in [0.25, 0.3) is 0 Å². The Morgan fingerprint density at radius 3 is 3.00 bits per heavy atom. The molecule has 1 aromatic heterocycles. The van der Waals surface area contributed by atoms with Gasteiger partial charge in [-0.2, -0.15) is 9.65 Å². The number of H-pyrrole nitrogens is 1. The molecule has 11 heavy (non-hydrogen) atoms. The van der Waals surface area contributed by atoms with Crippen LogP contribution in [-0.4, -0.2) is 4.98 Å². The van der Waals surface area contributed by atoms with Gasteiger partial charge in [-0.1, -0.05) is 0 Å². The SMILES string of the molecule is N#CC[C@H](N)c1cc[nH]c1F. The standard InChI is InChI=1S/C7H8FN3/c8-7-5(2-4-11-7)6(10)1-3-9/h2,4,6,11H,1,10H2/t6-/m0/s1. The van der Waals surface area contributed by atoms with Gasteiger partial charge in [-0.3, -0.25) is 0 Å². The Hall–Kier alpha value is -1.34. The lowest BCUT2D eigenvalue weighted by Gasteiger charge is -2.02. The van der Waals surface area contributed by atoms with E-state index in [1.54, 1.807) is 0 Å². The van der Waals surface area contributed by atoms with E-state index >= 15 is 0 Å². The van der Waals surface area contributed by atoms with Crippen LogP contribution in [0, 0.1) is 17.3 Å². The van der Waals surface area contributed by atoms with Crippen molar-refractivity contribution >= 4 is 0 Å². The number of rotatable bonds is 2. The molecule has 1 rings (SSSR count). The number of nitrogens with zero attached hydrogens (tertiary/aromatic N) is 1. The highest BCUT2D eigenvalue weighted by molar-refractivity contribution is 5.16. The molecule has 0 aliphatic rings. The van der Waals surface area contributed by atoms with Crippen molar-refractivity contribution in [2.75, 3.05) is 0 Å². The van der Waals surface area contributed by atoms with Crippen LogP contribution in [0.2, 0.25) is 0 Å². The Kier molecular flexibility index (Phi) is 2.24. The molecule has 0 aromatic carbocycles. The van der Waals surface area contributed by atoms with E-state index < -0.39 is 12.0 Å². The van der Waals surface area contributed by atoms with Crippen LogP contribution in [0.5, 0.6) is 0 Å². The van der Waals surface area contributed by atoms with E-state index in [0.29, 0.717) is 5.56 Å². The van der Waals surface area contributed by atoms with Crippen LogP contribution >= 0.6 is 0 Å². The van der Waals surface area contributed by atoms with Gasteiger partial charge in [0, 0.05) is 17.8 Å². The number of nitrogens with two attached hydrogens (primary N) is 1. The molecule has 1 heterocycles. The topological polar surface area (TPSA) is 65.6 Å². The largest absolute Gasteiger partial charge is 0.338 e. The molecule has 3 nitrogen and oxygen atoms in total. The average molecular weight is 153 g/mol. The Labute approximate surface area is 63.6 Å². The summed E-state index contributed by atoms with van der Waals surface area (Å²) in [5, 5.41) is 8.26. The van der Waals surface area contributed by atoms with Crippen LogP contribution < -0.4 is 5.73 Å². The van der Waals surface area contributed by atoms with Gasteiger partial charge >= 0.3 is 0 Å². The zero-order valence-corrected chi connectivity index (χ0v) is 5.84. The highest BCUT2D eigenvalue weighted by Crippen LogP contribution is 2.15. The van der Waals surface area contributed by atoms with Crippen molar-refractivity contribution in [1.82, 2.24) is 4.98 Å². The second-order valence-electron chi connectivity index (χ2n) is 2.22. The van der Waals surface area contributed by atoms with Crippen LogP contribution in [0.4, 0.5) is 4.39 Å². The fraction of sp³-hybridized carbons (Fsp3) is 0.286. The lowest BCUT2D eigenvalue weighted by molar-refractivity contribution is 0.558. The molecular weight excluding hydrogens is 145 g/mol. The molecule has 0 saturated carbocycles. The highest BCUT2D eigenvalue weighted by Gasteiger charge is 2.10. The summed E-state index contributed by atoms with van der Waals surface area (Å²) in [6, 6.07) is 2.89. The number of nitriles is 1. The molecule has 0 spiro atoms. The fourth-order valence-corrected chi connectivity index (χ4v) is 0.856. The molecule has 0 amide bonds. The predicted octanol–water partition coefficient (Wildman–Crippen LogP) is 1.07. The normalized spacial score (nSPS) is 12.5. The minimum atomic E-state index is -0.522. The molecule has 0 bridgehead atoms. The first-order valence-electron chi connectivity index (χ1n) is 3.21. The maximum Gasteiger partial charge on any atom is 0.195 e. The van der Waals surface area contributed by atoms with Crippen LogP contribution in [0.1, 0.15) is 18.0 Å². The van der Waals surface area contributed by atoms with E-state index in [1.807, 2.05) is 6.07 Å². The van der Waals surface area contributed by atoms with Crippen molar-refractivity contribution in [1.29, 1.82) is 5.26 Å². The molecule has 0 saturated heterocycles. The van der Waals surface area contributed by atoms with Gasteiger partial charge in [0.2, 0.25) is 0 Å². The van der Waals surface area contributed by atoms with E-state index in [1.165, 1.54) is 12.3 Å². The average Bonchev–Trinajstić information content (AvgIpc) is 2.36. The molecular formula is C7H8FN3. The monoisotopic (exact) mass is 153 g/mol. The van der Waals surface area contributed by atoms with Crippen LogP contribution in [0.3, 0.4) is 0 Å². The minimum absolute atomic E-state index is 0.134. The molecule has 58 valence electrons. The Morgan fingerprint density at radius 1 is 1.82 bits per heavy atom. The maximum atomic E-state index is 12.7. The van der Waals surface area contributed by atoms with Crippen molar-refractivity contribution < 1.29 is 4.39 Å². The van der Waals surface area contributed by atoms with E-state index in [0.717, 1.165) is 0 Å². The van der Waals surface area contributed by atoms with Crippen LogP contribution in [0.15, 0.2) is 12.3 Å². The molecule has 0 fully saturated rings. The van der Waals surface area contributed by atoms with E-state index in [9.17, 15) is 4.39 Å². The summed E-state index contributed by atoms with van der Waals surface area (Å²) in [5.41, 5.74) is 5.84. The third kappa shape index (κ3) is 1.57. The number of nitrogens with one attached hydrogen (secondary N) is 1.